The lowest BCUT2D eigenvalue weighted by Gasteiger charge is -2.30. The van der Waals surface area contributed by atoms with E-state index >= 15 is 0 Å². The molecule has 196 valence electrons. The summed E-state index contributed by atoms with van der Waals surface area (Å²) in [5.74, 6) is -1.67. The number of alkyl halides is 3. The quantitative estimate of drug-likeness (QED) is 0.411. The number of hydrogen-bond donors (Lipinski definition) is 1. The molecule has 0 atom stereocenters. The van der Waals surface area contributed by atoms with Gasteiger partial charge in [0.2, 0.25) is 15.9 Å². The molecule has 0 saturated heterocycles. The smallest absolute Gasteiger partial charge is 0.419 e. The van der Waals surface area contributed by atoms with Gasteiger partial charge in [0, 0.05) is 19.2 Å². The first-order chi connectivity index (χ1) is 17.4. The van der Waals surface area contributed by atoms with E-state index in [1.165, 1.54) is 29.6 Å². The second-order valence-electron chi connectivity index (χ2n) is 8.36. The Labute approximate surface area is 215 Å². The highest BCUT2D eigenvalue weighted by Crippen LogP contribution is 2.35. The second-order valence-corrected chi connectivity index (χ2v) is 10.7. The number of nitrogens with zero attached hydrogens (tertiary/aromatic N) is 1. The van der Waals surface area contributed by atoms with E-state index < -0.39 is 33.5 Å². The second kappa shape index (κ2) is 10.3. The lowest BCUT2D eigenvalue weighted by Crippen LogP contribution is -2.36. The standard InChI is InChI=1S/C25H21ClF4N2O4S/c1-36-17-3-2-4-18(13-17)37(34,35)32-10-9-19-16(14-32)6-8-21(26)24(19)31-23(33)12-15-5-7-20(22(27)11-15)25(28,29)30/h2-8,11,13H,9-10,12,14H2,1H3,(H,31,33). The van der Waals surface area contributed by atoms with Gasteiger partial charge in [-0.05, 0) is 53.4 Å². The molecule has 0 bridgehead atoms. The van der Waals surface area contributed by atoms with Gasteiger partial charge in [-0.2, -0.15) is 17.5 Å². The van der Waals surface area contributed by atoms with Crippen LogP contribution in [0.1, 0.15) is 22.3 Å². The molecule has 1 aliphatic rings. The number of carbonyl (C=O) groups excluding carboxylic acids is 1. The number of methoxy groups -OCH3 is 1. The minimum absolute atomic E-state index is 0.0407. The Balaban J connectivity index is 1.53. The highest BCUT2D eigenvalue weighted by Gasteiger charge is 2.34. The Bertz CT molecular complexity index is 1460. The third kappa shape index (κ3) is 5.73. The van der Waals surface area contributed by atoms with E-state index in [0.29, 0.717) is 29.0 Å². The Hall–Kier alpha value is -3.15. The molecule has 0 aromatic heterocycles. The lowest BCUT2D eigenvalue weighted by atomic mass is 9.98. The number of anilines is 1. The van der Waals surface area contributed by atoms with E-state index in [-0.39, 0.29) is 47.1 Å². The zero-order valence-electron chi connectivity index (χ0n) is 19.4. The van der Waals surface area contributed by atoms with Gasteiger partial charge in [0.15, 0.2) is 0 Å². The number of benzene rings is 3. The number of sulfonamides is 1. The van der Waals surface area contributed by atoms with E-state index in [0.717, 1.165) is 6.07 Å². The van der Waals surface area contributed by atoms with Crippen LogP contribution in [0.15, 0.2) is 59.5 Å². The summed E-state index contributed by atoms with van der Waals surface area (Å²) in [6.07, 6.45) is -4.97. The van der Waals surface area contributed by atoms with Crippen molar-refractivity contribution in [3.8, 4) is 5.75 Å². The van der Waals surface area contributed by atoms with E-state index in [1.807, 2.05) is 0 Å². The van der Waals surface area contributed by atoms with Crippen LogP contribution in [0.3, 0.4) is 0 Å². The first kappa shape index (κ1) is 26.9. The van der Waals surface area contributed by atoms with Gasteiger partial charge in [-0.25, -0.2) is 12.8 Å². The molecular formula is C25H21ClF4N2O4S. The molecule has 1 heterocycles. The van der Waals surface area contributed by atoms with Crippen molar-refractivity contribution in [1.82, 2.24) is 4.31 Å². The van der Waals surface area contributed by atoms with E-state index in [2.05, 4.69) is 5.32 Å². The zero-order chi connectivity index (χ0) is 27.0. The zero-order valence-corrected chi connectivity index (χ0v) is 21.0. The average Bonchev–Trinajstić information content (AvgIpc) is 2.84. The van der Waals surface area contributed by atoms with Crippen LogP contribution in [-0.4, -0.2) is 32.3 Å². The van der Waals surface area contributed by atoms with E-state index in [4.69, 9.17) is 16.3 Å². The van der Waals surface area contributed by atoms with Gasteiger partial charge in [-0.1, -0.05) is 29.8 Å². The normalized spacial score (nSPS) is 14.2. The highest BCUT2D eigenvalue weighted by atomic mass is 35.5. The van der Waals surface area contributed by atoms with Gasteiger partial charge in [-0.3, -0.25) is 4.79 Å². The molecule has 1 aliphatic heterocycles. The number of rotatable bonds is 6. The van der Waals surface area contributed by atoms with Gasteiger partial charge in [0.25, 0.3) is 0 Å². The van der Waals surface area contributed by atoms with Gasteiger partial charge in [-0.15, -0.1) is 0 Å². The van der Waals surface area contributed by atoms with Crippen molar-refractivity contribution in [2.45, 2.75) is 30.5 Å². The molecule has 37 heavy (non-hydrogen) atoms. The van der Waals surface area contributed by atoms with Gasteiger partial charge < -0.3 is 10.1 Å². The van der Waals surface area contributed by atoms with Crippen molar-refractivity contribution in [3.05, 3.63) is 87.7 Å². The van der Waals surface area contributed by atoms with Crippen LogP contribution < -0.4 is 10.1 Å². The van der Waals surface area contributed by atoms with E-state index in [9.17, 15) is 30.8 Å². The van der Waals surface area contributed by atoms with Crippen LogP contribution in [0.5, 0.6) is 5.75 Å². The number of amides is 1. The third-order valence-electron chi connectivity index (χ3n) is 5.96. The van der Waals surface area contributed by atoms with Gasteiger partial charge in [0.05, 0.1) is 34.7 Å². The average molecular weight is 557 g/mol. The summed E-state index contributed by atoms with van der Waals surface area (Å²) in [6, 6.07) is 11.6. The Morgan fingerprint density at radius 3 is 2.57 bits per heavy atom. The van der Waals surface area contributed by atoms with Crippen LogP contribution in [0.25, 0.3) is 0 Å². The fraction of sp³-hybridized carbons (Fsp3) is 0.240. The van der Waals surface area contributed by atoms with Crippen LogP contribution >= 0.6 is 11.6 Å². The molecule has 1 amide bonds. The highest BCUT2D eigenvalue weighted by molar-refractivity contribution is 7.89. The molecule has 6 nitrogen and oxygen atoms in total. The summed E-state index contributed by atoms with van der Waals surface area (Å²) in [4.78, 5) is 12.7. The summed E-state index contributed by atoms with van der Waals surface area (Å²) in [6.45, 7) is 0.166. The molecule has 0 unspecified atom stereocenters. The molecule has 3 aromatic carbocycles. The van der Waals surface area contributed by atoms with Crippen LogP contribution in [0.2, 0.25) is 5.02 Å². The topological polar surface area (TPSA) is 75.7 Å². The Morgan fingerprint density at radius 1 is 1.14 bits per heavy atom. The predicted molar refractivity (Wildman–Crippen MR) is 129 cm³/mol. The molecular weight excluding hydrogens is 536 g/mol. The van der Waals surface area contributed by atoms with Crippen LogP contribution in [-0.2, 0) is 40.4 Å². The fourth-order valence-electron chi connectivity index (χ4n) is 4.12. The molecule has 0 aliphatic carbocycles. The fourth-order valence-corrected chi connectivity index (χ4v) is 5.80. The maximum absolute atomic E-state index is 13.9. The Morgan fingerprint density at radius 2 is 1.89 bits per heavy atom. The van der Waals surface area contributed by atoms with Crippen LogP contribution in [0, 0.1) is 5.82 Å². The number of ether oxygens (including phenoxy) is 1. The molecule has 0 saturated carbocycles. The molecule has 4 rings (SSSR count). The molecule has 3 aromatic rings. The third-order valence-corrected chi connectivity index (χ3v) is 8.12. The van der Waals surface area contributed by atoms with Gasteiger partial charge in [0.1, 0.15) is 11.6 Å². The SMILES string of the molecule is COc1cccc(S(=O)(=O)N2CCc3c(ccc(Cl)c3NC(=O)Cc3ccc(C(F)(F)F)c(F)c3)C2)c1. The summed E-state index contributed by atoms with van der Waals surface area (Å²) in [5, 5.41) is 2.87. The Kier molecular flexibility index (Phi) is 7.50. The number of nitrogens with one attached hydrogen (secondary N) is 1. The summed E-state index contributed by atoms with van der Waals surface area (Å²) in [5.41, 5.74) is 0.217. The van der Waals surface area contributed by atoms with Crippen molar-refractivity contribution < 1.29 is 35.5 Å². The molecule has 0 spiro atoms. The molecule has 1 N–H and O–H groups in total. The van der Waals surface area contributed by atoms with E-state index in [1.54, 1.807) is 18.2 Å². The van der Waals surface area contributed by atoms with Crippen molar-refractivity contribution in [3.63, 3.8) is 0 Å². The lowest BCUT2D eigenvalue weighted by molar-refractivity contribution is -0.140. The summed E-state index contributed by atoms with van der Waals surface area (Å²) in [7, 11) is -2.38. The number of halogens is 5. The first-order valence-electron chi connectivity index (χ1n) is 11.0. The molecule has 0 fully saturated rings. The maximum Gasteiger partial charge on any atom is 0.419 e. The number of carbonyl (C=O) groups is 1. The van der Waals surface area contributed by atoms with Gasteiger partial charge >= 0.3 is 6.18 Å². The minimum Gasteiger partial charge on any atom is -0.497 e. The summed E-state index contributed by atoms with van der Waals surface area (Å²) >= 11 is 6.31. The molecule has 12 heteroatoms. The predicted octanol–water partition coefficient (Wildman–Crippen LogP) is 5.43. The molecule has 0 radical (unpaired) electrons. The van der Waals surface area contributed by atoms with Crippen LogP contribution in [0.4, 0.5) is 23.2 Å². The van der Waals surface area contributed by atoms with Crippen molar-refractivity contribution >= 4 is 33.2 Å². The monoisotopic (exact) mass is 556 g/mol. The number of hydrogen-bond acceptors (Lipinski definition) is 4. The largest absolute Gasteiger partial charge is 0.497 e. The number of fused-ring (bicyclic) bond motifs is 1. The summed E-state index contributed by atoms with van der Waals surface area (Å²) < 4.78 is 85.0. The van der Waals surface area contributed by atoms with Crippen molar-refractivity contribution in [2.75, 3.05) is 19.0 Å². The van der Waals surface area contributed by atoms with Crippen molar-refractivity contribution in [2.24, 2.45) is 0 Å². The minimum atomic E-state index is -4.84. The van der Waals surface area contributed by atoms with Crippen molar-refractivity contribution in [1.29, 1.82) is 0 Å². The maximum atomic E-state index is 13.9. The first-order valence-corrected chi connectivity index (χ1v) is 12.8.